The zero-order valence-electron chi connectivity index (χ0n) is 26.2. The molecule has 0 saturated heterocycles. The molecule has 7 aromatic rings. The minimum absolute atomic E-state index is 0.458. The van der Waals surface area contributed by atoms with Gasteiger partial charge in [0.1, 0.15) is 0 Å². The Kier molecular flexibility index (Phi) is 7.69. The lowest BCUT2D eigenvalue weighted by molar-refractivity contribution is 1.29. The predicted octanol–water partition coefficient (Wildman–Crippen LogP) is 12.0. The number of allylic oxidation sites excluding steroid dienone is 4. The van der Waals surface area contributed by atoms with Crippen LogP contribution in [0.4, 0.5) is 17.1 Å². The van der Waals surface area contributed by atoms with Gasteiger partial charge in [0.2, 0.25) is 0 Å². The quantitative estimate of drug-likeness (QED) is 0.182. The van der Waals surface area contributed by atoms with Gasteiger partial charge in [0.05, 0.1) is 21.8 Å². The van der Waals surface area contributed by atoms with Crippen molar-refractivity contribution in [2.45, 2.75) is 0 Å². The van der Waals surface area contributed by atoms with Crippen molar-refractivity contribution in [1.29, 1.82) is 5.41 Å². The summed E-state index contributed by atoms with van der Waals surface area (Å²) < 4.78 is 2.50. The highest BCUT2D eigenvalue weighted by molar-refractivity contribution is 7.26. The van der Waals surface area contributed by atoms with E-state index in [1.54, 1.807) is 0 Å². The Morgan fingerprint density at radius 2 is 1.42 bits per heavy atom. The normalized spacial score (nSPS) is 14.8. The molecule has 1 aliphatic heterocycles. The van der Waals surface area contributed by atoms with E-state index in [4.69, 9.17) is 10.4 Å². The number of thiophene rings is 1. The van der Waals surface area contributed by atoms with Gasteiger partial charge < -0.3 is 4.90 Å². The molecular formula is C44H31N3S. The number of anilines is 2. The van der Waals surface area contributed by atoms with Crippen molar-refractivity contribution in [1.82, 2.24) is 0 Å². The largest absolute Gasteiger partial charge is 0.315 e. The summed E-state index contributed by atoms with van der Waals surface area (Å²) in [7, 11) is 0. The number of fused-ring (bicyclic) bond motifs is 5. The first kappa shape index (κ1) is 29.3. The van der Waals surface area contributed by atoms with Crippen molar-refractivity contribution < 1.29 is 0 Å². The molecule has 1 N–H and O–H groups in total. The minimum Gasteiger partial charge on any atom is -0.315 e. The summed E-state index contributed by atoms with van der Waals surface area (Å²) in [4.78, 5) is 7.13. The number of hydrogen-bond acceptors (Lipinski definition) is 4. The van der Waals surface area contributed by atoms with Gasteiger partial charge in [-0.25, -0.2) is 0 Å². The SMILES string of the molecule is C=C1/C=C(c2ccccc2)\C=C/N(c2ccc(/C=N/c3ccccc3C(=N)c3ccccc3)cc2)c2c1ccc1c2sc2ccccc21. The average Bonchev–Trinajstić information content (AvgIpc) is 3.52. The smallest absolute Gasteiger partial charge is 0.0723 e. The topological polar surface area (TPSA) is 39.5 Å². The van der Waals surface area contributed by atoms with Crippen LogP contribution in [-0.4, -0.2) is 11.9 Å². The lowest BCUT2D eigenvalue weighted by Crippen LogP contribution is -2.12. The number of rotatable bonds is 6. The molecule has 0 atom stereocenters. The molecule has 2 heterocycles. The van der Waals surface area contributed by atoms with E-state index in [9.17, 15) is 0 Å². The molecule has 8 rings (SSSR count). The molecule has 0 amide bonds. The molecular weight excluding hydrogens is 603 g/mol. The molecule has 0 saturated carbocycles. The van der Waals surface area contributed by atoms with Crippen molar-refractivity contribution in [3.63, 3.8) is 0 Å². The second kappa shape index (κ2) is 12.6. The molecule has 6 aromatic carbocycles. The van der Waals surface area contributed by atoms with E-state index < -0.39 is 0 Å². The lowest BCUT2D eigenvalue weighted by atomic mass is 9.95. The Balaban J connectivity index is 1.20. The molecule has 0 fully saturated rings. The third-order valence-corrected chi connectivity index (χ3v) is 9.90. The summed E-state index contributed by atoms with van der Waals surface area (Å²) in [6.07, 6.45) is 8.43. The molecule has 0 spiro atoms. The van der Waals surface area contributed by atoms with Crippen LogP contribution in [0.25, 0.3) is 31.3 Å². The monoisotopic (exact) mass is 633 g/mol. The van der Waals surface area contributed by atoms with Gasteiger partial charge in [0, 0.05) is 50.3 Å². The highest BCUT2D eigenvalue weighted by Crippen LogP contribution is 2.46. The van der Waals surface area contributed by atoms with Crippen LogP contribution < -0.4 is 4.90 Å². The van der Waals surface area contributed by atoms with Gasteiger partial charge in [-0.15, -0.1) is 11.3 Å². The summed E-state index contributed by atoms with van der Waals surface area (Å²) >= 11 is 1.82. The third-order valence-electron chi connectivity index (χ3n) is 8.71. The van der Waals surface area contributed by atoms with Crippen molar-refractivity contribution in [3.05, 3.63) is 198 Å². The summed E-state index contributed by atoms with van der Waals surface area (Å²) in [6, 6.07) is 49.7. The van der Waals surface area contributed by atoms with E-state index in [0.717, 1.165) is 56.0 Å². The summed E-state index contributed by atoms with van der Waals surface area (Å²) in [5, 5.41) is 11.3. The summed E-state index contributed by atoms with van der Waals surface area (Å²) in [5.74, 6) is 0. The fourth-order valence-electron chi connectivity index (χ4n) is 6.26. The maximum atomic E-state index is 8.81. The lowest BCUT2D eigenvalue weighted by Gasteiger charge is -2.27. The Labute approximate surface area is 284 Å². The molecule has 0 bridgehead atoms. The van der Waals surface area contributed by atoms with Crippen LogP contribution >= 0.6 is 11.3 Å². The molecule has 228 valence electrons. The molecule has 1 aliphatic rings. The van der Waals surface area contributed by atoms with Crippen LogP contribution in [-0.2, 0) is 0 Å². The first-order chi connectivity index (χ1) is 23.6. The highest BCUT2D eigenvalue weighted by atomic mass is 32.1. The third kappa shape index (κ3) is 5.49. The van der Waals surface area contributed by atoms with E-state index in [1.165, 1.54) is 20.2 Å². The van der Waals surface area contributed by atoms with Gasteiger partial charge in [0.15, 0.2) is 0 Å². The van der Waals surface area contributed by atoms with Crippen LogP contribution in [0.3, 0.4) is 0 Å². The van der Waals surface area contributed by atoms with Crippen LogP contribution in [0.2, 0.25) is 0 Å². The van der Waals surface area contributed by atoms with E-state index >= 15 is 0 Å². The second-order valence-electron chi connectivity index (χ2n) is 11.7. The molecule has 0 unspecified atom stereocenters. The van der Waals surface area contributed by atoms with Crippen LogP contribution in [0.5, 0.6) is 0 Å². The van der Waals surface area contributed by atoms with Gasteiger partial charge in [-0.3, -0.25) is 10.4 Å². The summed E-state index contributed by atoms with van der Waals surface area (Å²) in [6.45, 7) is 4.56. The van der Waals surface area contributed by atoms with E-state index in [-0.39, 0.29) is 0 Å². The van der Waals surface area contributed by atoms with Crippen molar-refractivity contribution in [3.8, 4) is 0 Å². The van der Waals surface area contributed by atoms with Gasteiger partial charge in [0.25, 0.3) is 0 Å². The predicted molar refractivity (Wildman–Crippen MR) is 207 cm³/mol. The van der Waals surface area contributed by atoms with Gasteiger partial charge in [-0.1, -0.05) is 128 Å². The Morgan fingerprint density at radius 3 is 2.23 bits per heavy atom. The van der Waals surface area contributed by atoms with Crippen molar-refractivity contribution >= 4 is 71.6 Å². The molecule has 0 radical (unpaired) electrons. The number of hydrogen-bond donors (Lipinski definition) is 1. The number of nitrogens with one attached hydrogen (secondary N) is 1. The second-order valence-corrected chi connectivity index (χ2v) is 12.8. The molecule has 0 aliphatic carbocycles. The Morgan fingerprint density at radius 1 is 0.708 bits per heavy atom. The van der Waals surface area contributed by atoms with E-state index in [0.29, 0.717) is 5.71 Å². The van der Waals surface area contributed by atoms with Crippen molar-refractivity contribution in [2.75, 3.05) is 4.90 Å². The van der Waals surface area contributed by atoms with E-state index in [2.05, 4.69) is 115 Å². The first-order valence-electron chi connectivity index (χ1n) is 15.9. The molecule has 1 aromatic heterocycles. The standard InChI is InChI=1S/C44H31N3S/c1-30-28-34(32-12-4-2-5-13-32)26-27-47(43-36(30)24-25-38-37-16-9-11-19-41(37)48-44(38)43)35-22-20-31(21-23-35)29-46-40-18-10-8-17-39(40)42(45)33-14-6-3-7-15-33/h2-29,45H,1H2/b27-26-,34-28+,45-42?,46-29+. The molecule has 3 nitrogen and oxygen atoms in total. The maximum absolute atomic E-state index is 8.81. The first-order valence-corrected chi connectivity index (χ1v) is 16.7. The molecule has 48 heavy (non-hydrogen) atoms. The summed E-state index contributed by atoms with van der Waals surface area (Å²) in [5.41, 5.74) is 10.4. The average molecular weight is 634 g/mol. The fraction of sp³-hybridized carbons (Fsp3) is 0. The number of aliphatic imine (C=N–C) groups is 1. The van der Waals surface area contributed by atoms with Crippen LogP contribution in [0, 0.1) is 5.41 Å². The van der Waals surface area contributed by atoms with Gasteiger partial charge in [-0.05, 0) is 58.7 Å². The molecule has 4 heteroatoms. The number of benzene rings is 6. The Hall–Kier alpha value is -6.10. The number of nitrogens with zero attached hydrogens (tertiary/aromatic N) is 2. The van der Waals surface area contributed by atoms with Crippen LogP contribution in [0.15, 0.2) is 176 Å². The fourth-order valence-corrected chi connectivity index (χ4v) is 7.51. The zero-order valence-corrected chi connectivity index (χ0v) is 27.0. The van der Waals surface area contributed by atoms with Gasteiger partial charge in [-0.2, -0.15) is 0 Å². The highest BCUT2D eigenvalue weighted by Gasteiger charge is 2.21. The Bertz CT molecular complexity index is 2410. The number of para-hydroxylation sites is 1. The van der Waals surface area contributed by atoms with Gasteiger partial charge >= 0.3 is 0 Å². The maximum Gasteiger partial charge on any atom is 0.0723 e. The minimum atomic E-state index is 0.458. The van der Waals surface area contributed by atoms with E-state index in [1.807, 2.05) is 78.2 Å². The zero-order chi connectivity index (χ0) is 32.5. The van der Waals surface area contributed by atoms with Crippen LogP contribution in [0.1, 0.15) is 27.8 Å². The van der Waals surface area contributed by atoms with Crippen molar-refractivity contribution in [2.24, 2.45) is 4.99 Å².